The van der Waals surface area contributed by atoms with Gasteiger partial charge in [-0.1, -0.05) is 77.1 Å². The Bertz CT molecular complexity index is 1670. The number of non-ortho nitro benzene ring substituents is 1. The predicted molar refractivity (Wildman–Crippen MR) is 184 cm³/mol. The summed E-state index contributed by atoms with van der Waals surface area (Å²) in [7, 11) is -4.20. The van der Waals surface area contributed by atoms with Gasteiger partial charge in [0.15, 0.2) is 0 Å². The van der Waals surface area contributed by atoms with Gasteiger partial charge in [0.2, 0.25) is 21.8 Å². The van der Waals surface area contributed by atoms with Crippen molar-refractivity contribution in [3.63, 3.8) is 0 Å². The first-order valence-corrected chi connectivity index (χ1v) is 17.4. The molecule has 0 aliphatic carbocycles. The van der Waals surface area contributed by atoms with E-state index in [1.54, 1.807) is 45.0 Å². The quantitative estimate of drug-likeness (QED) is 0.122. The molecule has 3 aromatic carbocycles. The lowest BCUT2D eigenvalue weighted by atomic mass is 9.85. The van der Waals surface area contributed by atoms with Gasteiger partial charge in [-0.05, 0) is 53.1 Å². The van der Waals surface area contributed by atoms with Crippen LogP contribution in [0.15, 0.2) is 83.8 Å². The van der Waals surface area contributed by atoms with Gasteiger partial charge in [-0.2, -0.15) is 4.31 Å². The number of hydrogen-bond donors (Lipinski definition) is 4. The third-order valence-electron chi connectivity index (χ3n) is 7.67. The van der Waals surface area contributed by atoms with Gasteiger partial charge in [0.25, 0.3) is 5.69 Å². The first-order chi connectivity index (χ1) is 23.0. The molecule has 266 valence electrons. The zero-order valence-corrected chi connectivity index (χ0v) is 29.2. The predicted octanol–water partition coefficient (Wildman–Crippen LogP) is 3.79. The van der Waals surface area contributed by atoms with Crippen molar-refractivity contribution in [2.24, 2.45) is 11.3 Å². The highest BCUT2D eigenvalue weighted by atomic mass is 32.2. The molecule has 14 heteroatoms. The van der Waals surface area contributed by atoms with Gasteiger partial charge in [0.1, 0.15) is 11.9 Å². The molecule has 0 radical (unpaired) electrons. The van der Waals surface area contributed by atoms with Crippen LogP contribution in [0, 0.1) is 27.3 Å². The number of nitrogens with zero attached hydrogens (tertiary/aromatic N) is 2. The van der Waals surface area contributed by atoms with Crippen molar-refractivity contribution < 1.29 is 32.4 Å². The molecule has 0 saturated heterocycles. The number of nitrogens with one attached hydrogen (secondary N) is 3. The lowest BCUT2D eigenvalue weighted by molar-refractivity contribution is -0.384. The van der Waals surface area contributed by atoms with Crippen LogP contribution in [0.25, 0.3) is 0 Å². The highest BCUT2D eigenvalue weighted by Gasteiger charge is 2.36. The Kier molecular flexibility index (Phi) is 13.9. The normalized spacial score (nSPS) is 13.9. The van der Waals surface area contributed by atoms with Crippen LogP contribution in [-0.2, 0) is 32.6 Å². The number of halogens is 1. The summed E-state index contributed by atoms with van der Waals surface area (Å²) < 4.78 is 42.1. The summed E-state index contributed by atoms with van der Waals surface area (Å²) in [5, 5.41) is 31.3. The van der Waals surface area contributed by atoms with Crippen molar-refractivity contribution in [3.05, 3.63) is 106 Å². The summed E-state index contributed by atoms with van der Waals surface area (Å²) in [6.07, 6.45) is -1.24. The molecule has 0 aliphatic rings. The summed E-state index contributed by atoms with van der Waals surface area (Å²) in [5.41, 5.74) is 0.409. The number of benzene rings is 3. The summed E-state index contributed by atoms with van der Waals surface area (Å²) in [4.78, 5) is 37.1. The van der Waals surface area contributed by atoms with E-state index in [4.69, 9.17) is 0 Å². The van der Waals surface area contributed by atoms with Gasteiger partial charge in [-0.25, -0.2) is 12.8 Å². The second kappa shape index (κ2) is 17.4. The Hall–Kier alpha value is -4.24. The number of aliphatic hydroxyl groups excluding tert-OH is 1. The monoisotopic (exact) mass is 699 g/mol. The average molecular weight is 700 g/mol. The molecule has 0 saturated carbocycles. The maximum atomic E-state index is 13.8. The smallest absolute Gasteiger partial charge is 0.269 e. The number of aliphatic hydroxyl groups is 1. The van der Waals surface area contributed by atoms with Gasteiger partial charge in [-0.3, -0.25) is 19.7 Å². The molecule has 0 spiro atoms. The Morgan fingerprint density at radius 2 is 1.57 bits per heavy atom. The van der Waals surface area contributed by atoms with E-state index in [9.17, 15) is 37.6 Å². The van der Waals surface area contributed by atoms with Crippen LogP contribution in [0.3, 0.4) is 0 Å². The fraction of sp³-hybridized carbons (Fsp3) is 0.429. The minimum absolute atomic E-state index is 0.0334. The molecule has 0 heterocycles. The molecule has 0 bridgehead atoms. The van der Waals surface area contributed by atoms with Gasteiger partial charge in [0.05, 0.1) is 28.5 Å². The second-order valence-corrected chi connectivity index (χ2v) is 15.4. The van der Waals surface area contributed by atoms with Crippen LogP contribution in [0.1, 0.15) is 45.7 Å². The Labute approximate surface area is 287 Å². The highest BCUT2D eigenvalue weighted by Crippen LogP contribution is 2.23. The molecule has 0 fully saturated rings. The summed E-state index contributed by atoms with van der Waals surface area (Å²) >= 11 is 0. The lowest BCUT2D eigenvalue weighted by Gasteiger charge is -2.34. The minimum atomic E-state index is -4.20. The van der Waals surface area contributed by atoms with Crippen molar-refractivity contribution in [1.82, 2.24) is 20.3 Å². The van der Waals surface area contributed by atoms with E-state index in [-0.39, 0.29) is 49.1 Å². The number of hydrogen-bond acceptors (Lipinski definition) is 8. The largest absolute Gasteiger partial charge is 0.390 e. The molecule has 3 unspecified atom stereocenters. The van der Waals surface area contributed by atoms with Crippen molar-refractivity contribution in [3.8, 4) is 0 Å². The standard InChI is InChI=1S/C35H46FN5O7S/c1-24(2)22-40(49(47,48)29-16-14-28(15-17-29)41(45)46)23-31(42)30(19-25-10-7-6-8-11-25)38-34(44)33(35(3,4)5)39-32(43)21-37-20-26-12-9-13-27(36)18-26/h6-18,24,30-31,33,37,42H,19-23H2,1-5H3,(H,38,44)(H,39,43). The van der Waals surface area contributed by atoms with Crippen LogP contribution in [-0.4, -0.2) is 72.4 Å². The lowest BCUT2D eigenvalue weighted by Crippen LogP contribution is -2.59. The van der Waals surface area contributed by atoms with Crippen molar-refractivity contribution >= 4 is 27.5 Å². The maximum Gasteiger partial charge on any atom is 0.269 e. The number of rotatable bonds is 17. The van der Waals surface area contributed by atoms with Crippen molar-refractivity contribution in [1.29, 1.82) is 0 Å². The van der Waals surface area contributed by atoms with E-state index in [1.807, 2.05) is 32.0 Å². The van der Waals surface area contributed by atoms with Crippen LogP contribution < -0.4 is 16.0 Å². The maximum absolute atomic E-state index is 13.8. The molecule has 0 aromatic heterocycles. The third-order valence-corrected chi connectivity index (χ3v) is 9.52. The van der Waals surface area contributed by atoms with Gasteiger partial charge in [0, 0.05) is 31.8 Å². The molecule has 12 nitrogen and oxygen atoms in total. The molecule has 3 rings (SSSR count). The molecule has 3 atom stereocenters. The van der Waals surface area contributed by atoms with E-state index >= 15 is 0 Å². The molecule has 49 heavy (non-hydrogen) atoms. The van der Waals surface area contributed by atoms with Crippen LogP contribution >= 0.6 is 0 Å². The number of carbonyl (C=O) groups is 2. The van der Waals surface area contributed by atoms with Crippen LogP contribution in [0.5, 0.6) is 0 Å². The number of sulfonamides is 1. The average Bonchev–Trinajstić information content (AvgIpc) is 3.02. The second-order valence-electron chi connectivity index (χ2n) is 13.4. The highest BCUT2D eigenvalue weighted by molar-refractivity contribution is 7.89. The van der Waals surface area contributed by atoms with E-state index in [0.29, 0.717) is 5.56 Å². The zero-order chi connectivity index (χ0) is 36.4. The van der Waals surface area contributed by atoms with E-state index < -0.39 is 56.2 Å². The van der Waals surface area contributed by atoms with Gasteiger partial charge >= 0.3 is 0 Å². The van der Waals surface area contributed by atoms with Crippen molar-refractivity contribution in [2.45, 2.75) is 70.7 Å². The summed E-state index contributed by atoms with van der Waals surface area (Å²) in [5.74, 6) is -1.57. The molecular weight excluding hydrogens is 653 g/mol. The fourth-order valence-corrected chi connectivity index (χ4v) is 6.80. The Morgan fingerprint density at radius 3 is 2.14 bits per heavy atom. The first-order valence-electron chi connectivity index (χ1n) is 16.0. The fourth-order valence-electron chi connectivity index (χ4n) is 5.17. The summed E-state index contributed by atoms with van der Waals surface area (Å²) in [6.45, 7) is 8.72. The van der Waals surface area contributed by atoms with E-state index in [0.717, 1.165) is 34.1 Å². The molecule has 3 aromatic rings. The van der Waals surface area contributed by atoms with Crippen LogP contribution in [0.2, 0.25) is 0 Å². The molecule has 4 N–H and O–H groups in total. The zero-order valence-electron chi connectivity index (χ0n) is 28.4. The Balaban J connectivity index is 1.82. The van der Waals surface area contributed by atoms with E-state index in [2.05, 4.69) is 16.0 Å². The number of nitro groups is 1. The number of nitro benzene ring substituents is 1. The van der Waals surface area contributed by atoms with E-state index in [1.165, 1.54) is 12.1 Å². The molecule has 2 amide bonds. The first kappa shape index (κ1) is 39.2. The molecular formula is C35H46FN5O7S. The summed E-state index contributed by atoms with van der Waals surface area (Å²) in [6, 6.07) is 17.6. The topological polar surface area (TPSA) is 171 Å². The van der Waals surface area contributed by atoms with Crippen molar-refractivity contribution in [2.75, 3.05) is 19.6 Å². The number of carbonyl (C=O) groups excluding carboxylic acids is 2. The minimum Gasteiger partial charge on any atom is -0.390 e. The Morgan fingerprint density at radius 1 is 0.939 bits per heavy atom. The number of amides is 2. The van der Waals surface area contributed by atoms with Gasteiger partial charge < -0.3 is 21.1 Å². The van der Waals surface area contributed by atoms with Crippen LogP contribution in [0.4, 0.5) is 10.1 Å². The van der Waals surface area contributed by atoms with Gasteiger partial charge in [-0.15, -0.1) is 0 Å². The molecule has 0 aliphatic heterocycles. The third kappa shape index (κ3) is 12.0. The SMILES string of the molecule is CC(C)CN(CC(O)C(Cc1ccccc1)NC(=O)C(NC(=O)CNCc1cccc(F)c1)C(C)(C)C)S(=O)(=O)c1ccc([N+](=O)[O-])cc1.